The van der Waals surface area contributed by atoms with Gasteiger partial charge in [-0.15, -0.1) is 0 Å². The molecule has 1 aliphatic rings. The number of rotatable bonds is 7. The first-order chi connectivity index (χ1) is 11.6. The molecule has 1 atom stereocenters. The van der Waals surface area contributed by atoms with E-state index >= 15 is 0 Å². The summed E-state index contributed by atoms with van der Waals surface area (Å²) >= 11 is 0. The molecular weight excluding hydrogens is 306 g/mol. The minimum absolute atomic E-state index is 0.0233. The van der Waals surface area contributed by atoms with E-state index in [1.54, 1.807) is 6.20 Å². The SMILES string of the molecule is Cc1nccn1[C@@H](C)CC(=O)NCCc1noc(C2CCCC2)n1. The molecule has 1 saturated carbocycles. The van der Waals surface area contributed by atoms with Crippen LogP contribution >= 0.6 is 0 Å². The van der Waals surface area contributed by atoms with E-state index in [9.17, 15) is 4.79 Å². The van der Waals surface area contributed by atoms with Gasteiger partial charge in [0.1, 0.15) is 5.82 Å². The third-order valence-electron chi connectivity index (χ3n) is 4.68. The lowest BCUT2D eigenvalue weighted by molar-refractivity contribution is -0.121. The van der Waals surface area contributed by atoms with Gasteiger partial charge in [0.25, 0.3) is 0 Å². The lowest BCUT2D eigenvalue weighted by Crippen LogP contribution is -2.28. The van der Waals surface area contributed by atoms with Gasteiger partial charge in [0.15, 0.2) is 5.82 Å². The van der Waals surface area contributed by atoms with Crippen molar-refractivity contribution < 1.29 is 9.32 Å². The monoisotopic (exact) mass is 331 g/mol. The van der Waals surface area contributed by atoms with Crippen molar-refractivity contribution in [3.05, 3.63) is 29.9 Å². The minimum Gasteiger partial charge on any atom is -0.356 e. The maximum atomic E-state index is 12.1. The van der Waals surface area contributed by atoms with Crippen LogP contribution in [0.3, 0.4) is 0 Å². The van der Waals surface area contributed by atoms with Crippen molar-refractivity contribution in [1.29, 1.82) is 0 Å². The van der Waals surface area contributed by atoms with E-state index < -0.39 is 0 Å². The highest BCUT2D eigenvalue weighted by Crippen LogP contribution is 2.32. The third-order valence-corrected chi connectivity index (χ3v) is 4.68. The zero-order valence-corrected chi connectivity index (χ0v) is 14.4. The van der Waals surface area contributed by atoms with Gasteiger partial charge in [-0.1, -0.05) is 18.0 Å². The van der Waals surface area contributed by atoms with Crippen LogP contribution in [0.15, 0.2) is 16.9 Å². The summed E-state index contributed by atoms with van der Waals surface area (Å²) in [5.74, 6) is 2.81. The molecule has 1 aliphatic carbocycles. The molecule has 2 aromatic heterocycles. The highest BCUT2D eigenvalue weighted by atomic mass is 16.5. The van der Waals surface area contributed by atoms with Crippen molar-refractivity contribution >= 4 is 5.91 Å². The number of nitrogens with zero attached hydrogens (tertiary/aromatic N) is 4. The molecule has 0 saturated heterocycles. The Kier molecular flexibility index (Phi) is 5.27. The average Bonchev–Trinajstić information content (AvgIpc) is 3.27. The van der Waals surface area contributed by atoms with E-state index in [1.807, 2.05) is 24.6 Å². The van der Waals surface area contributed by atoms with Crippen molar-refractivity contribution in [2.45, 2.75) is 64.3 Å². The smallest absolute Gasteiger partial charge is 0.229 e. The van der Waals surface area contributed by atoms with Crippen molar-refractivity contribution in [3.8, 4) is 0 Å². The van der Waals surface area contributed by atoms with Crippen LogP contribution in [0.25, 0.3) is 0 Å². The standard InChI is InChI=1S/C17H25N5O2/c1-12(22-10-9-18-13(22)2)11-16(23)19-8-7-15-20-17(24-21-15)14-5-3-4-6-14/h9-10,12,14H,3-8,11H2,1-2H3,(H,19,23)/t12-/m0/s1. The van der Waals surface area contributed by atoms with Gasteiger partial charge >= 0.3 is 0 Å². The number of carbonyl (C=O) groups excluding carboxylic acids is 1. The number of imidazole rings is 1. The summed E-state index contributed by atoms with van der Waals surface area (Å²) in [4.78, 5) is 20.7. The summed E-state index contributed by atoms with van der Waals surface area (Å²) in [7, 11) is 0. The molecule has 7 heteroatoms. The number of hydrogen-bond donors (Lipinski definition) is 1. The fourth-order valence-electron chi connectivity index (χ4n) is 3.31. The number of nitrogens with one attached hydrogen (secondary N) is 1. The molecule has 7 nitrogen and oxygen atoms in total. The molecule has 1 N–H and O–H groups in total. The van der Waals surface area contributed by atoms with Gasteiger partial charge in [-0.3, -0.25) is 4.79 Å². The van der Waals surface area contributed by atoms with Crippen molar-refractivity contribution in [3.63, 3.8) is 0 Å². The molecule has 0 unspecified atom stereocenters. The van der Waals surface area contributed by atoms with Crippen LogP contribution in [0.4, 0.5) is 0 Å². The zero-order valence-electron chi connectivity index (χ0n) is 14.4. The molecule has 1 fully saturated rings. The van der Waals surface area contributed by atoms with Gasteiger partial charge in [0.05, 0.1) is 0 Å². The quantitative estimate of drug-likeness (QED) is 0.842. The Morgan fingerprint density at radius 2 is 2.25 bits per heavy atom. The first-order valence-electron chi connectivity index (χ1n) is 8.72. The van der Waals surface area contributed by atoms with E-state index in [4.69, 9.17) is 4.52 Å². The molecule has 2 aromatic rings. The Hall–Kier alpha value is -2.18. The normalized spacial score (nSPS) is 16.4. The van der Waals surface area contributed by atoms with Crippen LogP contribution in [0.1, 0.15) is 68.5 Å². The lowest BCUT2D eigenvalue weighted by Gasteiger charge is -2.14. The predicted molar refractivity (Wildman–Crippen MR) is 88.5 cm³/mol. The third kappa shape index (κ3) is 4.01. The van der Waals surface area contributed by atoms with Gasteiger partial charge in [-0.05, 0) is 26.7 Å². The second-order valence-electron chi connectivity index (χ2n) is 6.57. The second-order valence-corrected chi connectivity index (χ2v) is 6.57. The summed E-state index contributed by atoms with van der Waals surface area (Å²) in [6, 6.07) is 0.0895. The van der Waals surface area contributed by atoms with Crippen molar-refractivity contribution in [2.75, 3.05) is 6.54 Å². The second kappa shape index (κ2) is 7.59. The minimum atomic E-state index is 0.0233. The number of carbonyl (C=O) groups is 1. The summed E-state index contributed by atoms with van der Waals surface area (Å²) < 4.78 is 7.36. The van der Waals surface area contributed by atoms with Gasteiger partial charge < -0.3 is 14.4 Å². The Balaban J connectivity index is 1.41. The summed E-state index contributed by atoms with van der Waals surface area (Å²) in [5, 5.41) is 6.95. The topological polar surface area (TPSA) is 85.8 Å². The fourth-order valence-corrected chi connectivity index (χ4v) is 3.31. The van der Waals surface area contributed by atoms with Gasteiger partial charge in [0, 0.05) is 43.7 Å². The van der Waals surface area contributed by atoms with Crippen LogP contribution in [-0.2, 0) is 11.2 Å². The summed E-state index contributed by atoms with van der Waals surface area (Å²) in [5.41, 5.74) is 0. The first-order valence-corrected chi connectivity index (χ1v) is 8.72. The summed E-state index contributed by atoms with van der Waals surface area (Å²) in [6.07, 6.45) is 9.45. The van der Waals surface area contributed by atoms with Crippen LogP contribution in [0.2, 0.25) is 0 Å². The maximum absolute atomic E-state index is 12.1. The van der Waals surface area contributed by atoms with Crippen LogP contribution < -0.4 is 5.32 Å². The van der Waals surface area contributed by atoms with E-state index in [1.165, 1.54) is 12.8 Å². The number of amides is 1. The maximum Gasteiger partial charge on any atom is 0.229 e. The molecule has 0 aliphatic heterocycles. The predicted octanol–water partition coefficient (Wildman–Crippen LogP) is 2.54. The molecule has 3 rings (SSSR count). The first kappa shape index (κ1) is 16.7. The number of aromatic nitrogens is 4. The molecule has 24 heavy (non-hydrogen) atoms. The fraction of sp³-hybridized carbons (Fsp3) is 0.647. The van der Waals surface area contributed by atoms with Crippen LogP contribution in [0.5, 0.6) is 0 Å². The van der Waals surface area contributed by atoms with E-state index in [-0.39, 0.29) is 11.9 Å². The van der Waals surface area contributed by atoms with E-state index in [0.717, 1.165) is 24.6 Å². The highest BCUT2D eigenvalue weighted by molar-refractivity contribution is 5.76. The molecule has 1 amide bonds. The van der Waals surface area contributed by atoms with Gasteiger partial charge in [0.2, 0.25) is 11.8 Å². The molecule has 2 heterocycles. The molecule has 130 valence electrons. The number of hydrogen-bond acceptors (Lipinski definition) is 5. The zero-order chi connectivity index (χ0) is 16.9. The highest BCUT2D eigenvalue weighted by Gasteiger charge is 2.22. The molecular formula is C17H25N5O2. The van der Waals surface area contributed by atoms with Gasteiger partial charge in [-0.25, -0.2) is 4.98 Å². The Morgan fingerprint density at radius 1 is 1.46 bits per heavy atom. The van der Waals surface area contributed by atoms with E-state index in [0.29, 0.717) is 31.1 Å². The Morgan fingerprint density at radius 3 is 2.96 bits per heavy atom. The lowest BCUT2D eigenvalue weighted by atomic mass is 10.1. The van der Waals surface area contributed by atoms with Crippen LogP contribution in [0, 0.1) is 6.92 Å². The van der Waals surface area contributed by atoms with Crippen LogP contribution in [-0.4, -0.2) is 32.1 Å². The molecule has 0 radical (unpaired) electrons. The van der Waals surface area contributed by atoms with E-state index in [2.05, 4.69) is 20.4 Å². The summed E-state index contributed by atoms with van der Waals surface area (Å²) in [6.45, 7) is 4.48. The Labute approximate surface area is 141 Å². The largest absolute Gasteiger partial charge is 0.356 e. The molecule has 0 spiro atoms. The Bertz CT molecular complexity index is 672. The van der Waals surface area contributed by atoms with Crippen molar-refractivity contribution in [2.24, 2.45) is 0 Å². The molecule has 0 bridgehead atoms. The van der Waals surface area contributed by atoms with Crippen molar-refractivity contribution in [1.82, 2.24) is 25.0 Å². The van der Waals surface area contributed by atoms with Gasteiger partial charge in [-0.2, -0.15) is 4.98 Å². The molecule has 0 aromatic carbocycles. The average molecular weight is 331 g/mol. The number of aryl methyl sites for hydroxylation is 1.